The van der Waals surface area contributed by atoms with Crippen molar-refractivity contribution in [3.63, 3.8) is 0 Å². The third-order valence-electron chi connectivity index (χ3n) is 5.32. The first-order valence-corrected chi connectivity index (χ1v) is 9.97. The number of hydrogen-bond acceptors (Lipinski definition) is 4. The lowest BCUT2D eigenvalue weighted by Gasteiger charge is -2.17. The molecule has 1 saturated carbocycles. The Kier molecular flexibility index (Phi) is 5.32. The summed E-state index contributed by atoms with van der Waals surface area (Å²) in [6, 6.07) is 8.04. The molecule has 0 saturated heterocycles. The maximum absolute atomic E-state index is 12.8. The minimum atomic E-state index is -0.217. The first-order chi connectivity index (χ1) is 13.7. The summed E-state index contributed by atoms with van der Waals surface area (Å²) < 4.78 is 7.28. The summed E-state index contributed by atoms with van der Waals surface area (Å²) in [6.45, 7) is 1.22. The van der Waals surface area contributed by atoms with Gasteiger partial charge in [-0.1, -0.05) is 18.2 Å². The van der Waals surface area contributed by atoms with Crippen molar-refractivity contribution < 1.29 is 14.3 Å². The molecule has 28 heavy (non-hydrogen) atoms. The molecule has 2 amide bonds. The molecule has 0 atom stereocenters. The number of imidazole rings is 1. The number of methoxy groups -OCH3 is 1. The fraction of sp³-hybridized carbons (Fsp3) is 0.476. The number of aromatic nitrogens is 2. The molecule has 7 nitrogen and oxygen atoms in total. The number of carbonyl (C=O) groups excluding carboxylic acids is 2. The van der Waals surface area contributed by atoms with E-state index in [0.717, 1.165) is 55.7 Å². The molecule has 1 aromatic carbocycles. The van der Waals surface area contributed by atoms with Gasteiger partial charge in [0.1, 0.15) is 11.4 Å². The van der Waals surface area contributed by atoms with Crippen molar-refractivity contribution >= 4 is 11.8 Å². The van der Waals surface area contributed by atoms with Gasteiger partial charge in [0.2, 0.25) is 0 Å². The highest BCUT2D eigenvalue weighted by Crippen LogP contribution is 2.23. The Morgan fingerprint density at radius 1 is 1.21 bits per heavy atom. The molecule has 1 aliphatic heterocycles. The molecule has 4 rings (SSSR count). The summed E-state index contributed by atoms with van der Waals surface area (Å²) >= 11 is 0. The second-order valence-corrected chi connectivity index (χ2v) is 7.40. The highest BCUT2D eigenvalue weighted by atomic mass is 16.5. The van der Waals surface area contributed by atoms with Gasteiger partial charge in [-0.25, -0.2) is 4.98 Å². The van der Waals surface area contributed by atoms with Gasteiger partial charge in [0.15, 0.2) is 5.82 Å². The van der Waals surface area contributed by atoms with Crippen molar-refractivity contribution in [1.82, 2.24) is 20.2 Å². The number of fused-ring (bicyclic) bond motifs is 1. The molecular formula is C21H26N4O3. The van der Waals surface area contributed by atoms with Crippen LogP contribution in [0.3, 0.4) is 0 Å². The summed E-state index contributed by atoms with van der Waals surface area (Å²) in [5.74, 6) is 0.802. The molecule has 1 aromatic heterocycles. The average Bonchev–Trinajstić information content (AvgIpc) is 3.44. The lowest BCUT2D eigenvalue weighted by molar-refractivity contribution is 0.0935. The van der Waals surface area contributed by atoms with E-state index in [4.69, 9.17) is 4.74 Å². The van der Waals surface area contributed by atoms with E-state index in [0.29, 0.717) is 24.5 Å². The van der Waals surface area contributed by atoms with Crippen molar-refractivity contribution in [1.29, 1.82) is 0 Å². The van der Waals surface area contributed by atoms with E-state index in [1.807, 2.05) is 28.8 Å². The van der Waals surface area contributed by atoms with Gasteiger partial charge < -0.3 is 19.9 Å². The summed E-state index contributed by atoms with van der Waals surface area (Å²) in [5.41, 5.74) is 2.31. The Morgan fingerprint density at radius 2 is 2.04 bits per heavy atom. The molecule has 7 heteroatoms. The van der Waals surface area contributed by atoms with Gasteiger partial charge in [-0.05, 0) is 50.2 Å². The van der Waals surface area contributed by atoms with Crippen LogP contribution in [0.5, 0.6) is 5.75 Å². The fourth-order valence-corrected chi connectivity index (χ4v) is 3.68. The average molecular weight is 382 g/mol. The largest absolute Gasteiger partial charge is 0.496 e. The van der Waals surface area contributed by atoms with Crippen LogP contribution in [-0.4, -0.2) is 41.1 Å². The van der Waals surface area contributed by atoms with Gasteiger partial charge in [-0.3, -0.25) is 9.59 Å². The van der Waals surface area contributed by atoms with Gasteiger partial charge in [0.25, 0.3) is 11.8 Å². The van der Waals surface area contributed by atoms with E-state index in [1.54, 1.807) is 7.11 Å². The standard InChI is InChI=1S/C21H26N4O3/c1-28-17-8-3-2-6-14(17)11-12-22-20(26)18-16-7-4-5-13-25(16)19(24-18)21(27)23-15-9-10-15/h2-3,6,8,15H,4-5,7,9-13H2,1H3,(H,22,26)(H,23,27). The van der Waals surface area contributed by atoms with Crippen LogP contribution < -0.4 is 15.4 Å². The Bertz CT molecular complexity index is 886. The Hall–Kier alpha value is -2.83. The normalized spacial score (nSPS) is 15.6. The van der Waals surface area contributed by atoms with E-state index in [-0.39, 0.29) is 17.9 Å². The number of para-hydroxylation sites is 1. The molecular weight excluding hydrogens is 356 g/mol. The van der Waals surface area contributed by atoms with Crippen LogP contribution in [0.2, 0.25) is 0 Å². The zero-order valence-corrected chi connectivity index (χ0v) is 16.2. The zero-order valence-electron chi connectivity index (χ0n) is 16.2. The SMILES string of the molecule is COc1ccccc1CCNC(=O)c1nc(C(=O)NC2CC2)n2c1CCCC2. The lowest BCUT2D eigenvalue weighted by atomic mass is 10.1. The highest BCUT2D eigenvalue weighted by molar-refractivity contribution is 5.97. The zero-order chi connectivity index (χ0) is 19.5. The second-order valence-electron chi connectivity index (χ2n) is 7.40. The molecule has 1 aliphatic carbocycles. The molecule has 2 aromatic rings. The Morgan fingerprint density at radius 3 is 2.82 bits per heavy atom. The Labute approximate surface area is 164 Å². The predicted molar refractivity (Wildman–Crippen MR) is 105 cm³/mol. The minimum Gasteiger partial charge on any atom is -0.496 e. The van der Waals surface area contributed by atoms with Crippen LogP contribution in [0.15, 0.2) is 24.3 Å². The van der Waals surface area contributed by atoms with Crippen LogP contribution in [-0.2, 0) is 19.4 Å². The summed E-state index contributed by atoms with van der Waals surface area (Å²) in [6.07, 6.45) is 5.50. The minimum absolute atomic E-state index is 0.168. The molecule has 1 fully saturated rings. The molecule has 0 unspecified atom stereocenters. The van der Waals surface area contributed by atoms with Crippen LogP contribution in [0.1, 0.15) is 58.0 Å². The maximum atomic E-state index is 12.8. The van der Waals surface area contributed by atoms with Crippen LogP contribution in [0.4, 0.5) is 0 Å². The first kappa shape index (κ1) is 18.5. The third kappa shape index (κ3) is 3.88. The molecule has 2 heterocycles. The van der Waals surface area contributed by atoms with Crippen molar-refractivity contribution in [3.05, 3.63) is 47.0 Å². The fourth-order valence-electron chi connectivity index (χ4n) is 3.68. The molecule has 0 spiro atoms. The summed E-state index contributed by atoms with van der Waals surface area (Å²) in [4.78, 5) is 29.8. The lowest BCUT2D eigenvalue weighted by Crippen LogP contribution is -2.29. The van der Waals surface area contributed by atoms with E-state index in [2.05, 4.69) is 15.6 Å². The van der Waals surface area contributed by atoms with Crippen molar-refractivity contribution in [2.24, 2.45) is 0 Å². The smallest absolute Gasteiger partial charge is 0.287 e. The first-order valence-electron chi connectivity index (χ1n) is 9.97. The van der Waals surface area contributed by atoms with Crippen LogP contribution in [0, 0.1) is 0 Å². The number of amides is 2. The second kappa shape index (κ2) is 8.04. The number of benzene rings is 1. The number of nitrogens with one attached hydrogen (secondary N) is 2. The topological polar surface area (TPSA) is 85.2 Å². The monoisotopic (exact) mass is 382 g/mol. The maximum Gasteiger partial charge on any atom is 0.287 e. The van der Waals surface area contributed by atoms with E-state index < -0.39 is 0 Å². The van der Waals surface area contributed by atoms with E-state index >= 15 is 0 Å². The summed E-state index contributed by atoms with van der Waals surface area (Å²) in [5, 5.41) is 5.93. The third-order valence-corrected chi connectivity index (χ3v) is 5.32. The summed E-state index contributed by atoms with van der Waals surface area (Å²) in [7, 11) is 1.64. The van der Waals surface area contributed by atoms with Crippen molar-refractivity contribution in [2.75, 3.05) is 13.7 Å². The van der Waals surface area contributed by atoms with Crippen LogP contribution >= 0.6 is 0 Å². The molecule has 0 radical (unpaired) electrons. The number of nitrogens with zero attached hydrogens (tertiary/aromatic N) is 2. The van der Waals surface area contributed by atoms with E-state index in [1.165, 1.54) is 0 Å². The van der Waals surface area contributed by atoms with Crippen molar-refractivity contribution in [2.45, 2.75) is 51.1 Å². The van der Waals surface area contributed by atoms with Crippen LogP contribution in [0.25, 0.3) is 0 Å². The molecule has 148 valence electrons. The number of carbonyl (C=O) groups is 2. The van der Waals surface area contributed by atoms with Gasteiger partial charge >= 0.3 is 0 Å². The number of hydrogen-bond donors (Lipinski definition) is 2. The van der Waals surface area contributed by atoms with Gasteiger partial charge in [-0.2, -0.15) is 0 Å². The predicted octanol–water partition coefficient (Wildman–Crippen LogP) is 2.09. The van der Waals surface area contributed by atoms with Gasteiger partial charge in [-0.15, -0.1) is 0 Å². The van der Waals surface area contributed by atoms with Crippen molar-refractivity contribution in [3.8, 4) is 5.75 Å². The number of ether oxygens (including phenoxy) is 1. The van der Waals surface area contributed by atoms with Gasteiger partial charge in [0, 0.05) is 19.1 Å². The highest BCUT2D eigenvalue weighted by Gasteiger charge is 2.30. The Balaban J connectivity index is 1.46. The molecule has 2 N–H and O–H groups in total. The van der Waals surface area contributed by atoms with Gasteiger partial charge in [0.05, 0.1) is 12.8 Å². The number of rotatable bonds is 7. The quantitative estimate of drug-likeness (QED) is 0.768. The van der Waals surface area contributed by atoms with E-state index in [9.17, 15) is 9.59 Å². The molecule has 2 aliphatic rings. The molecule has 0 bridgehead atoms.